The van der Waals surface area contributed by atoms with Gasteiger partial charge in [0.1, 0.15) is 5.75 Å². The number of H-pyrrole nitrogens is 1. The number of hydrogen-bond acceptors (Lipinski definition) is 10. The Labute approximate surface area is 227 Å². The molecule has 12 heteroatoms. The van der Waals surface area contributed by atoms with E-state index in [4.69, 9.17) is 4.74 Å². The average Bonchev–Trinajstić information content (AvgIpc) is 3.39. The van der Waals surface area contributed by atoms with Crippen molar-refractivity contribution in [2.45, 2.75) is 49.9 Å². The summed E-state index contributed by atoms with van der Waals surface area (Å²) in [5, 5.41) is 15.7. The molecule has 11 nitrogen and oxygen atoms in total. The predicted molar refractivity (Wildman–Crippen MR) is 152 cm³/mol. The summed E-state index contributed by atoms with van der Waals surface area (Å²) in [5.74, 6) is 1.29. The summed E-state index contributed by atoms with van der Waals surface area (Å²) in [6, 6.07) is 12.6. The van der Waals surface area contributed by atoms with Crippen LogP contribution in [0.25, 0.3) is 11.2 Å². The molecule has 0 unspecified atom stereocenters. The first-order chi connectivity index (χ1) is 18.8. The van der Waals surface area contributed by atoms with Crippen LogP contribution in [-0.2, 0) is 9.84 Å². The summed E-state index contributed by atoms with van der Waals surface area (Å²) in [7, 11) is -3.54. The summed E-state index contributed by atoms with van der Waals surface area (Å²) in [4.78, 5) is 19.0. The maximum absolute atomic E-state index is 13.0. The highest BCUT2D eigenvalue weighted by Crippen LogP contribution is 2.34. The van der Waals surface area contributed by atoms with Crippen molar-refractivity contribution in [2.24, 2.45) is 0 Å². The molecule has 0 spiro atoms. The number of aromatic nitrogens is 4. The zero-order chi connectivity index (χ0) is 27.6. The van der Waals surface area contributed by atoms with Crippen LogP contribution in [0.1, 0.15) is 33.6 Å². The third-order valence-electron chi connectivity index (χ3n) is 6.69. The summed E-state index contributed by atoms with van der Waals surface area (Å²) >= 11 is 0. The molecule has 4 N–H and O–H groups in total. The predicted octanol–water partition coefficient (Wildman–Crippen LogP) is 4.38. The molecule has 1 fully saturated rings. The number of aliphatic hydroxyl groups excluding tert-OH is 1. The fourth-order valence-electron chi connectivity index (χ4n) is 4.51. The molecule has 2 aromatic carbocycles. The first kappa shape index (κ1) is 26.7. The number of anilines is 5. The molecule has 0 bridgehead atoms. The van der Waals surface area contributed by atoms with Crippen molar-refractivity contribution in [1.29, 1.82) is 0 Å². The maximum atomic E-state index is 13.0. The van der Waals surface area contributed by atoms with E-state index in [-0.39, 0.29) is 16.9 Å². The fourth-order valence-corrected chi connectivity index (χ4v) is 5.71. The van der Waals surface area contributed by atoms with Gasteiger partial charge >= 0.3 is 0 Å². The molecule has 0 atom stereocenters. The van der Waals surface area contributed by atoms with Gasteiger partial charge in [-0.05, 0) is 57.9 Å². The highest BCUT2D eigenvalue weighted by molar-refractivity contribution is 7.92. The van der Waals surface area contributed by atoms with E-state index in [1.807, 2.05) is 25.1 Å². The van der Waals surface area contributed by atoms with Crippen LogP contribution in [0.15, 0.2) is 53.7 Å². The number of sulfone groups is 1. The van der Waals surface area contributed by atoms with Crippen LogP contribution in [0.2, 0.25) is 0 Å². The Bertz CT molecular complexity index is 1560. The van der Waals surface area contributed by atoms with Crippen molar-refractivity contribution < 1.29 is 18.3 Å². The number of nitrogens with zero attached hydrogens (tertiary/aromatic N) is 4. The van der Waals surface area contributed by atoms with Gasteiger partial charge in [0, 0.05) is 24.8 Å². The molecule has 4 aromatic rings. The molecule has 0 amide bonds. The van der Waals surface area contributed by atoms with Gasteiger partial charge < -0.3 is 30.4 Å². The lowest BCUT2D eigenvalue weighted by Gasteiger charge is -2.32. The van der Waals surface area contributed by atoms with Crippen LogP contribution in [0, 0.1) is 0 Å². The molecular formula is C27H33N7O4S. The SMILES string of the molecule is CCOc1cc(N2CCC(O)CC2)ccc1Nc1nc(Nc2ccccc2S(=O)(=O)C(C)C)c2nc[nH]c2n1. The highest BCUT2D eigenvalue weighted by atomic mass is 32.2. The minimum Gasteiger partial charge on any atom is -0.492 e. The lowest BCUT2D eigenvalue weighted by Crippen LogP contribution is -2.35. The van der Waals surface area contributed by atoms with Gasteiger partial charge in [0.2, 0.25) is 5.95 Å². The molecule has 1 aliphatic rings. The molecule has 1 saturated heterocycles. The lowest BCUT2D eigenvalue weighted by molar-refractivity contribution is 0.145. The fraction of sp³-hybridized carbons (Fsp3) is 0.370. The first-order valence-corrected chi connectivity index (χ1v) is 14.6. The Morgan fingerprint density at radius 1 is 1.10 bits per heavy atom. The normalized spacial score (nSPS) is 14.6. The van der Waals surface area contributed by atoms with Gasteiger partial charge in [-0.3, -0.25) is 0 Å². The number of fused-ring (bicyclic) bond motifs is 1. The van der Waals surface area contributed by atoms with Crippen LogP contribution >= 0.6 is 0 Å². The minimum absolute atomic E-state index is 0.191. The molecule has 39 heavy (non-hydrogen) atoms. The van der Waals surface area contributed by atoms with E-state index < -0.39 is 15.1 Å². The smallest absolute Gasteiger partial charge is 0.231 e. The molecule has 0 saturated carbocycles. The summed E-state index contributed by atoms with van der Waals surface area (Å²) in [6.45, 7) is 7.27. The average molecular weight is 552 g/mol. The second-order valence-corrected chi connectivity index (χ2v) is 12.1. The summed E-state index contributed by atoms with van der Waals surface area (Å²) in [6.07, 6.45) is 2.74. The largest absolute Gasteiger partial charge is 0.492 e. The minimum atomic E-state index is -3.54. The number of para-hydroxylation sites is 1. The Kier molecular flexibility index (Phi) is 7.58. The van der Waals surface area contributed by atoms with Crippen LogP contribution in [0.3, 0.4) is 0 Å². The van der Waals surface area contributed by atoms with Crippen LogP contribution in [0.5, 0.6) is 5.75 Å². The second-order valence-electron chi connectivity index (χ2n) is 9.67. The van der Waals surface area contributed by atoms with E-state index in [1.54, 1.807) is 38.1 Å². The van der Waals surface area contributed by atoms with Gasteiger partial charge in [-0.1, -0.05) is 12.1 Å². The highest BCUT2D eigenvalue weighted by Gasteiger charge is 2.24. The van der Waals surface area contributed by atoms with Crippen molar-refractivity contribution in [3.8, 4) is 5.75 Å². The quantitative estimate of drug-likeness (QED) is 0.236. The topological polar surface area (TPSA) is 145 Å². The Morgan fingerprint density at radius 3 is 2.62 bits per heavy atom. The van der Waals surface area contributed by atoms with E-state index in [0.29, 0.717) is 40.7 Å². The van der Waals surface area contributed by atoms with Gasteiger partial charge in [0.15, 0.2) is 26.8 Å². The molecule has 206 valence electrons. The molecular weight excluding hydrogens is 518 g/mol. The number of piperidine rings is 1. The number of aromatic amines is 1. The number of aliphatic hydroxyl groups is 1. The number of benzene rings is 2. The van der Waals surface area contributed by atoms with Crippen molar-refractivity contribution in [3.63, 3.8) is 0 Å². The van der Waals surface area contributed by atoms with Gasteiger partial charge in [0.05, 0.1) is 40.6 Å². The number of hydrogen-bond donors (Lipinski definition) is 4. The lowest BCUT2D eigenvalue weighted by atomic mass is 10.1. The maximum Gasteiger partial charge on any atom is 0.231 e. The van der Waals surface area contributed by atoms with Crippen LogP contribution in [0.4, 0.5) is 28.8 Å². The van der Waals surface area contributed by atoms with E-state index in [1.165, 1.54) is 6.33 Å². The number of ether oxygens (including phenoxy) is 1. The van der Waals surface area contributed by atoms with E-state index >= 15 is 0 Å². The van der Waals surface area contributed by atoms with Crippen molar-refractivity contribution >= 4 is 49.8 Å². The van der Waals surface area contributed by atoms with Gasteiger partial charge in [0.25, 0.3) is 0 Å². The standard InChI is InChI=1S/C27H33N7O4S/c1-4-38-22-15-18(34-13-11-19(35)12-14-34)9-10-20(22)31-27-32-25-24(28-16-29-25)26(33-27)30-21-7-5-6-8-23(21)39(36,37)17(2)3/h5-10,15-17,19,35H,4,11-14H2,1-3H3,(H3,28,29,30,31,32,33). The Balaban J connectivity index is 1.48. The zero-order valence-electron chi connectivity index (χ0n) is 22.2. The molecule has 2 aromatic heterocycles. The number of imidazole rings is 1. The molecule has 0 aliphatic carbocycles. The number of rotatable bonds is 9. The van der Waals surface area contributed by atoms with Crippen molar-refractivity contribution in [3.05, 3.63) is 48.8 Å². The van der Waals surface area contributed by atoms with Gasteiger partial charge in [-0.25, -0.2) is 13.4 Å². The van der Waals surface area contributed by atoms with E-state index in [2.05, 4.69) is 35.5 Å². The summed E-state index contributed by atoms with van der Waals surface area (Å²) < 4.78 is 31.9. The molecule has 1 aliphatic heterocycles. The summed E-state index contributed by atoms with van der Waals surface area (Å²) in [5.41, 5.74) is 3.08. The van der Waals surface area contributed by atoms with E-state index in [0.717, 1.165) is 31.6 Å². The zero-order valence-corrected chi connectivity index (χ0v) is 23.0. The molecule has 0 radical (unpaired) electrons. The number of nitrogens with one attached hydrogen (secondary N) is 3. The van der Waals surface area contributed by atoms with Gasteiger partial charge in [-0.15, -0.1) is 0 Å². The second kappa shape index (κ2) is 11.1. The van der Waals surface area contributed by atoms with Crippen molar-refractivity contribution in [1.82, 2.24) is 19.9 Å². The third-order valence-corrected chi connectivity index (χ3v) is 8.90. The van der Waals surface area contributed by atoms with Crippen LogP contribution in [-0.4, -0.2) is 64.5 Å². The monoisotopic (exact) mass is 551 g/mol. The molecule has 3 heterocycles. The Hall–Kier alpha value is -3.90. The molecule has 5 rings (SSSR count). The van der Waals surface area contributed by atoms with Gasteiger partial charge in [-0.2, -0.15) is 9.97 Å². The van der Waals surface area contributed by atoms with Crippen LogP contribution < -0.4 is 20.3 Å². The third kappa shape index (κ3) is 5.62. The first-order valence-electron chi connectivity index (χ1n) is 13.0. The Morgan fingerprint density at radius 2 is 1.87 bits per heavy atom. The van der Waals surface area contributed by atoms with E-state index in [9.17, 15) is 13.5 Å². The van der Waals surface area contributed by atoms with Crippen molar-refractivity contribution in [2.75, 3.05) is 35.2 Å².